The van der Waals surface area contributed by atoms with Crippen LogP contribution in [-0.2, 0) is 7.05 Å². The highest BCUT2D eigenvalue weighted by atomic mass is 15.3. The first kappa shape index (κ1) is 8.87. The summed E-state index contributed by atoms with van der Waals surface area (Å²) >= 11 is 0. The van der Waals surface area contributed by atoms with E-state index in [1.54, 1.807) is 10.9 Å². The van der Waals surface area contributed by atoms with E-state index in [0.29, 0.717) is 0 Å². The molecule has 2 aromatic heterocycles. The minimum Gasteiger partial charge on any atom is -0.396 e. The Morgan fingerprint density at radius 3 is 2.57 bits per heavy atom. The number of nitrogen functional groups attached to an aromatic ring is 1. The first-order valence-electron chi connectivity index (χ1n) is 4.53. The van der Waals surface area contributed by atoms with E-state index in [0.717, 1.165) is 22.6 Å². The average Bonchev–Trinajstić information content (AvgIpc) is 2.60. The van der Waals surface area contributed by atoms with Gasteiger partial charge in [-0.2, -0.15) is 5.10 Å². The van der Waals surface area contributed by atoms with Gasteiger partial charge in [-0.3, -0.25) is 4.68 Å². The van der Waals surface area contributed by atoms with Crippen molar-refractivity contribution < 1.29 is 0 Å². The van der Waals surface area contributed by atoms with Crippen molar-refractivity contribution in [3.63, 3.8) is 0 Å². The van der Waals surface area contributed by atoms with E-state index >= 15 is 0 Å². The molecule has 0 aromatic carbocycles. The molecule has 0 aliphatic rings. The van der Waals surface area contributed by atoms with Crippen molar-refractivity contribution >= 4 is 5.69 Å². The summed E-state index contributed by atoms with van der Waals surface area (Å²) in [5.41, 5.74) is 11.1. The van der Waals surface area contributed by atoms with Crippen molar-refractivity contribution in [1.82, 2.24) is 14.8 Å². The molecule has 74 valence electrons. The number of H-pyrrole nitrogens is 1. The van der Waals surface area contributed by atoms with Crippen molar-refractivity contribution in [3.05, 3.63) is 23.7 Å². The molecule has 0 radical (unpaired) electrons. The van der Waals surface area contributed by atoms with Gasteiger partial charge in [0.05, 0.1) is 17.6 Å². The Morgan fingerprint density at radius 2 is 2.14 bits per heavy atom. The lowest BCUT2D eigenvalue weighted by molar-refractivity contribution is 0.775. The maximum atomic E-state index is 5.87. The second-order valence-electron chi connectivity index (χ2n) is 3.54. The molecule has 2 rings (SSSR count). The predicted molar refractivity (Wildman–Crippen MR) is 56.9 cm³/mol. The van der Waals surface area contributed by atoms with Gasteiger partial charge in [-0.25, -0.2) is 0 Å². The van der Waals surface area contributed by atoms with Gasteiger partial charge >= 0.3 is 0 Å². The molecule has 0 bridgehead atoms. The van der Waals surface area contributed by atoms with Gasteiger partial charge in [0.15, 0.2) is 0 Å². The van der Waals surface area contributed by atoms with Crippen LogP contribution in [0.2, 0.25) is 0 Å². The smallest absolute Gasteiger partial charge is 0.0929 e. The molecule has 0 spiro atoms. The van der Waals surface area contributed by atoms with Crippen molar-refractivity contribution in [2.45, 2.75) is 13.8 Å². The second-order valence-corrected chi connectivity index (χ2v) is 3.54. The first-order valence-corrected chi connectivity index (χ1v) is 4.53. The zero-order valence-corrected chi connectivity index (χ0v) is 8.63. The lowest BCUT2D eigenvalue weighted by Crippen LogP contribution is -1.97. The number of hydrogen-bond acceptors (Lipinski definition) is 2. The molecule has 4 heteroatoms. The minimum atomic E-state index is 0.721. The number of aromatic amines is 1. The van der Waals surface area contributed by atoms with E-state index in [4.69, 9.17) is 5.73 Å². The van der Waals surface area contributed by atoms with E-state index in [1.807, 2.05) is 20.2 Å². The van der Waals surface area contributed by atoms with Gasteiger partial charge < -0.3 is 10.7 Å². The first-order chi connectivity index (χ1) is 6.61. The van der Waals surface area contributed by atoms with Gasteiger partial charge in [0.2, 0.25) is 0 Å². The van der Waals surface area contributed by atoms with E-state index in [-0.39, 0.29) is 0 Å². The molecule has 0 aliphatic heterocycles. The van der Waals surface area contributed by atoms with Crippen LogP contribution in [0.15, 0.2) is 12.4 Å². The van der Waals surface area contributed by atoms with Crippen LogP contribution in [0.25, 0.3) is 11.3 Å². The zero-order valence-electron chi connectivity index (χ0n) is 8.63. The van der Waals surface area contributed by atoms with Crippen molar-refractivity contribution in [3.8, 4) is 11.3 Å². The molecule has 2 aromatic rings. The fourth-order valence-electron chi connectivity index (χ4n) is 1.78. The van der Waals surface area contributed by atoms with Crippen molar-refractivity contribution in [2.24, 2.45) is 7.05 Å². The minimum absolute atomic E-state index is 0.721. The van der Waals surface area contributed by atoms with Crippen molar-refractivity contribution in [2.75, 3.05) is 5.73 Å². The molecule has 0 atom stereocenters. The largest absolute Gasteiger partial charge is 0.396 e. The Kier molecular flexibility index (Phi) is 1.84. The summed E-state index contributed by atoms with van der Waals surface area (Å²) in [4.78, 5) is 3.18. The average molecular weight is 190 g/mol. The van der Waals surface area contributed by atoms with E-state index in [9.17, 15) is 0 Å². The lowest BCUT2D eigenvalue weighted by Gasteiger charge is -2.04. The Labute approximate surface area is 82.7 Å². The highest BCUT2D eigenvalue weighted by Gasteiger charge is 2.14. The normalized spacial score (nSPS) is 10.8. The third kappa shape index (κ3) is 1.11. The highest BCUT2D eigenvalue weighted by molar-refractivity contribution is 5.76. The molecule has 3 N–H and O–H groups in total. The second kappa shape index (κ2) is 2.90. The zero-order chi connectivity index (χ0) is 10.3. The quantitative estimate of drug-likeness (QED) is 0.717. The number of rotatable bonds is 1. The summed E-state index contributed by atoms with van der Waals surface area (Å²) in [6.45, 7) is 4.10. The summed E-state index contributed by atoms with van der Waals surface area (Å²) in [6.07, 6.45) is 3.66. The maximum Gasteiger partial charge on any atom is 0.0929 e. The van der Waals surface area contributed by atoms with Crippen molar-refractivity contribution in [1.29, 1.82) is 0 Å². The standard InChI is InChI=1S/C10H14N4/c1-6-4-12-7(2)9(6)10-8(11)5-13-14(10)3/h4-5,12H,11H2,1-3H3. The van der Waals surface area contributed by atoms with Crippen LogP contribution in [0.5, 0.6) is 0 Å². The van der Waals surface area contributed by atoms with Gasteiger partial charge in [0.1, 0.15) is 0 Å². The van der Waals surface area contributed by atoms with Crippen LogP contribution in [0.3, 0.4) is 0 Å². The molecule has 0 unspecified atom stereocenters. The van der Waals surface area contributed by atoms with Gasteiger partial charge in [0, 0.05) is 24.5 Å². The van der Waals surface area contributed by atoms with Crippen LogP contribution < -0.4 is 5.73 Å². The molecule has 0 amide bonds. The number of hydrogen-bond donors (Lipinski definition) is 2. The molecule has 4 nitrogen and oxygen atoms in total. The lowest BCUT2D eigenvalue weighted by atomic mass is 10.1. The molecular formula is C10H14N4. The Balaban J connectivity index is 2.71. The Bertz CT molecular complexity index is 381. The monoisotopic (exact) mass is 190 g/mol. The number of aryl methyl sites for hydroxylation is 3. The summed E-state index contributed by atoms with van der Waals surface area (Å²) in [7, 11) is 1.90. The summed E-state index contributed by atoms with van der Waals surface area (Å²) in [5, 5.41) is 4.13. The molecule has 0 saturated carbocycles. The van der Waals surface area contributed by atoms with E-state index in [1.165, 1.54) is 5.56 Å². The van der Waals surface area contributed by atoms with Gasteiger partial charge in [-0.1, -0.05) is 0 Å². The summed E-state index contributed by atoms with van der Waals surface area (Å²) in [6, 6.07) is 0. The van der Waals surface area contributed by atoms with Crippen LogP contribution in [0.4, 0.5) is 5.69 Å². The topological polar surface area (TPSA) is 59.6 Å². The number of nitrogens with one attached hydrogen (secondary N) is 1. The van der Waals surface area contributed by atoms with E-state index < -0.39 is 0 Å². The number of nitrogens with zero attached hydrogens (tertiary/aromatic N) is 2. The fraction of sp³-hybridized carbons (Fsp3) is 0.300. The Morgan fingerprint density at radius 1 is 1.43 bits per heavy atom. The highest BCUT2D eigenvalue weighted by Crippen LogP contribution is 2.30. The third-order valence-electron chi connectivity index (χ3n) is 2.48. The van der Waals surface area contributed by atoms with E-state index in [2.05, 4.69) is 17.0 Å². The molecule has 0 fully saturated rings. The SMILES string of the molecule is Cc1c[nH]c(C)c1-c1c(N)cnn1C. The molecule has 2 heterocycles. The van der Waals surface area contributed by atoms with Crippen LogP contribution in [-0.4, -0.2) is 14.8 Å². The summed E-state index contributed by atoms with van der Waals surface area (Å²) < 4.78 is 1.80. The van der Waals surface area contributed by atoms with Crippen LogP contribution in [0.1, 0.15) is 11.3 Å². The number of aromatic nitrogens is 3. The van der Waals surface area contributed by atoms with Crippen LogP contribution >= 0.6 is 0 Å². The fourth-order valence-corrected chi connectivity index (χ4v) is 1.78. The van der Waals surface area contributed by atoms with Gasteiger partial charge in [-0.05, 0) is 19.4 Å². The van der Waals surface area contributed by atoms with Gasteiger partial charge in [0.25, 0.3) is 0 Å². The number of anilines is 1. The van der Waals surface area contributed by atoms with Crippen LogP contribution in [0, 0.1) is 13.8 Å². The summed E-state index contributed by atoms with van der Waals surface area (Å²) in [5.74, 6) is 0. The number of nitrogens with two attached hydrogens (primary N) is 1. The third-order valence-corrected chi connectivity index (χ3v) is 2.48. The molecule has 0 aliphatic carbocycles. The molecular weight excluding hydrogens is 176 g/mol. The Hall–Kier alpha value is -1.71. The molecule has 0 saturated heterocycles. The maximum absolute atomic E-state index is 5.87. The predicted octanol–water partition coefficient (Wildman–Crippen LogP) is 1.61. The molecule has 14 heavy (non-hydrogen) atoms. The van der Waals surface area contributed by atoms with Gasteiger partial charge in [-0.15, -0.1) is 0 Å².